The van der Waals surface area contributed by atoms with Crippen molar-refractivity contribution in [3.8, 4) is 5.75 Å². The standard InChI is InChI=1S/C11H9NO3.ClH/c12-9-7-4-2-1-3-6(7)5-8(10(9)13)11(14)15;/h1-5,13H,12H2,(H,14,15);1H. The summed E-state index contributed by atoms with van der Waals surface area (Å²) in [7, 11) is 0. The number of halogens is 1. The number of aromatic hydroxyl groups is 1. The molecule has 2 rings (SSSR count). The van der Waals surface area contributed by atoms with Gasteiger partial charge in [0.15, 0.2) is 5.75 Å². The number of fused-ring (bicyclic) bond motifs is 1. The second-order valence-corrected chi connectivity index (χ2v) is 3.21. The minimum Gasteiger partial charge on any atom is -0.505 e. The number of hydrogen-bond donors (Lipinski definition) is 3. The van der Waals surface area contributed by atoms with Crippen LogP contribution in [-0.2, 0) is 0 Å². The van der Waals surface area contributed by atoms with Crippen LogP contribution in [0.15, 0.2) is 30.3 Å². The maximum atomic E-state index is 10.8. The molecule has 2 aromatic carbocycles. The number of rotatable bonds is 1. The Labute approximate surface area is 97.7 Å². The fraction of sp³-hybridized carbons (Fsp3) is 0. The van der Waals surface area contributed by atoms with Gasteiger partial charge >= 0.3 is 5.97 Å². The van der Waals surface area contributed by atoms with Crippen molar-refractivity contribution >= 4 is 34.8 Å². The van der Waals surface area contributed by atoms with Crippen LogP contribution in [0.4, 0.5) is 5.69 Å². The van der Waals surface area contributed by atoms with E-state index in [9.17, 15) is 9.90 Å². The van der Waals surface area contributed by atoms with Crippen molar-refractivity contribution in [3.05, 3.63) is 35.9 Å². The van der Waals surface area contributed by atoms with E-state index in [4.69, 9.17) is 10.8 Å². The molecule has 0 spiro atoms. The van der Waals surface area contributed by atoms with Crippen LogP contribution in [-0.4, -0.2) is 16.2 Å². The largest absolute Gasteiger partial charge is 0.505 e. The van der Waals surface area contributed by atoms with E-state index in [1.54, 1.807) is 24.3 Å². The van der Waals surface area contributed by atoms with Crippen molar-refractivity contribution in [1.29, 1.82) is 0 Å². The number of benzene rings is 2. The van der Waals surface area contributed by atoms with Gasteiger partial charge in [0.2, 0.25) is 0 Å². The highest BCUT2D eigenvalue weighted by Gasteiger charge is 2.14. The SMILES string of the molecule is Cl.Nc1c(O)c(C(=O)O)cc2ccccc12. The Balaban J connectivity index is 0.00000128. The molecule has 0 radical (unpaired) electrons. The van der Waals surface area contributed by atoms with Crippen LogP contribution in [0, 0.1) is 0 Å². The van der Waals surface area contributed by atoms with Crippen molar-refractivity contribution in [2.45, 2.75) is 0 Å². The Bertz CT molecular complexity index is 554. The van der Waals surface area contributed by atoms with E-state index in [0.29, 0.717) is 10.8 Å². The molecular weight excluding hydrogens is 230 g/mol. The topological polar surface area (TPSA) is 83.5 Å². The van der Waals surface area contributed by atoms with Gasteiger partial charge in [-0.3, -0.25) is 0 Å². The quantitative estimate of drug-likeness (QED) is 0.526. The number of carbonyl (C=O) groups is 1. The van der Waals surface area contributed by atoms with Gasteiger partial charge in [0, 0.05) is 5.39 Å². The van der Waals surface area contributed by atoms with Crippen LogP contribution < -0.4 is 5.73 Å². The van der Waals surface area contributed by atoms with E-state index in [1.165, 1.54) is 6.07 Å². The molecule has 0 aliphatic heterocycles. The summed E-state index contributed by atoms with van der Waals surface area (Å²) < 4.78 is 0. The molecule has 0 bridgehead atoms. The lowest BCUT2D eigenvalue weighted by Gasteiger charge is -2.07. The van der Waals surface area contributed by atoms with Gasteiger partial charge in [-0.05, 0) is 11.5 Å². The number of carboxylic acid groups (broad SMARTS) is 1. The highest BCUT2D eigenvalue weighted by molar-refractivity contribution is 6.04. The lowest BCUT2D eigenvalue weighted by atomic mass is 10.0. The number of phenols is 1. The first-order valence-electron chi connectivity index (χ1n) is 4.34. The van der Waals surface area contributed by atoms with Crippen molar-refractivity contribution in [3.63, 3.8) is 0 Å². The van der Waals surface area contributed by atoms with Gasteiger partial charge in [-0.1, -0.05) is 24.3 Å². The molecule has 0 saturated carbocycles. The molecule has 0 heterocycles. The number of nitrogen functional groups attached to an aromatic ring is 1. The van der Waals surface area contributed by atoms with E-state index >= 15 is 0 Å². The van der Waals surface area contributed by atoms with Gasteiger partial charge in [-0.2, -0.15) is 0 Å². The van der Waals surface area contributed by atoms with Gasteiger partial charge in [0.25, 0.3) is 0 Å². The first-order valence-corrected chi connectivity index (χ1v) is 4.34. The average Bonchev–Trinajstić information content (AvgIpc) is 2.23. The molecule has 0 amide bonds. The molecule has 4 N–H and O–H groups in total. The summed E-state index contributed by atoms with van der Waals surface area (Å²) in [6.45, 7) is 0. The molecule has 0 aromatic heterocycles. The molecule has 0 aliphatic carbocycles. The summed E-state index contributed by atoms with van der Waals surface area (Å²) in [5.41, 5.74) is 5.57. The monoisotopic (exact) mass is 239 g/mol. The maximum absolute atomic E-state index is 10.8. The Morgan fingerprint density at radius 1 is 1.25 bits per heavy atom. The average molecular weight is 240 g/mol. The van der Waals surface area contributed by atoms with Crippen molar-refractivity contribution < 1.29 is 15.0 Å². The minimum absolute atomic E-state index is 0. The molecule has 16 heavy (non-hydrogen) atoms. The number of nitrogens with two attached hydrogens (primary N) is 1. The van der Waals surface area contributed by atoms with Gasteiger partial charge < -0.3 is 15.9 Å². The Kier molecular flexibility index (Phi) is 3.25. The molecular formula is C11H10ClNO3. The van der Waals surface area contributed by atoms with Gasteiger partial charge in [0.1, 0.15) is 5.56 Å². The zero-order valence-electron chi connectivity index (χ0n) is 8.18. The molecule has 84 valence electrons. The first-order chi connectivity index (χ1) is 7.11. The number of hydrogen-bond acceptors (Lipinski definition) is 3. The van der Waals surface area contributed by atoms with E-state index < -0.39 is 5.97 Å². The third kappa shape index (κ3) is 1.75. The Hall–Kier alpha value is -1.94. The fourth-order valence-corrected chi connectivity index (χ4v) is 1.53. The lowest BCUT2D eigenvalue weighted by molar-refractivity contribution is 0.0694. The normalized spacial score (nSPS) is 9.75. The molecule has 0 saturated heterocycles. The zero-order valence-corrected chi connectivity index (χ0v) is 8.99. The third-order valence-electron chi connectivity index (χ3n) is 2.29. The lowest BCUT2D eigenvalue weighted by Crippen LogP contribution is -2.00. The first kappa shape index (κ1) is 12.1. The summed E-state index contributed by atoms with van der Waals surface area (Å²) in [4.78, 5) is 10.8. The zero-order chi connectivity index (χ0) is 11.0. The van der Waals surface area contributed by atoms with Gasteiger partial charge in [0.05, 0.1) is 5.69 Å². The fourth-order valence-electron chi connectivity index (χ4n) is 1.53. The molecule has 0 aliphatic rings. The highest BCUT2D eigenvalue weighted by Crippen LogP contribution is 2.33. The molecule has 0 atom stereocenters. The van der Waals surface area contributed by atoms with E-state index in [0.717, 1.165) is 0 Å². The van der Waals surface area contributed by atoms with Crippen LogP contribution in [0.1, 0.15) is 10.4 Å². The van der Waals surface area contributed by atoms with E-state index in [1.807, 2.05) is 0 Å². The van der Waals surface area contributed by atoms with Gasteiger partial charge in [-0.25, -0.2) is 4.79 Å². The third-order valence-corrected chi connectivity index (χ3v) is 2.29. The molecule has 4 nitrogen and oxygen atoms in total. The van der Waals surface area contributed by atoms with Crippen LogP contribution in [0.2, 0.25) is 0 Å². The molecule has 2 aromatic rings. The van der Waals surface area contributed by atoms with E-state index in [2.05, 4.69) is 0 Å². The number of carboxylic acids is 1. The Morgan fingerprint density at radius 2 is 1.88 bits per heavy atom. The predicted molar refractivity (Wildman–Crippen MR) is 64.2 cm³/mol. The van der Waals surface area contributed by atoms with Crippen molar-refractivity contribution in [1.82, 2.24) is 0 Å². The Morgan fingerprint density at radius 3 is 2.50 bits per heavy atom. The van der Waals surface area contributed by atoms with Crippen LogP contribution in [0.3, 0.4) is 0 Å². The number of aromatic carboxylic acids is 1. The summed E-state index contributed by atoms with van der Waals surface area (Å²) in [5.74, 6) is -1.56. The van der Waals surface area contributed by atoms with Crippen molar-refractivity contribution in [2.24, 2.45) is 0 Å². The smallest absolute Gasteiger partial charge is 0.339 e. The summed E-state index contributed by atoms with van der Waals surface area (Å²) in [5, 5.41) is 19.7. The molecule has 0 unspecified atom stereocenters. The molecule has 5 heteroatoms. The number of anilines is 1. The second-order valence-electron chi connectivity index (χ2n) is 3.21. The highest BCUT2D eigenvalue weighted by atomic mass is 35.5. The van der Waals surface area contributed by atoms with E-state index in [-0.39, 0.29) is 29.4 Å². The minimum atomic E-state index is -1.19. The summed E-state index contributed by atoms with van der Waals surface area (Å²) in [6.07, 6.45) is 0. The van der Waals surface area contributed by atoms with Gasteiger partial charge in [-0.15, -0.1) is 12.4 Å². The van der Waals surface area contributed by atoms with Crippen LogP contribution >= 0.6 is 12.4 Å². The van der Waals surface area contributed by atoms with Crippen LogP contribution in [0.5, 0.6) is 5.75 Å². The maximum Gasteiger partial charge on any atom is 0.339 e. The summed E-state index contributed by atoms with van der Waals surface area (Å²) >= 11 is 0. The molecule has 0 fully saturated rings. The second kappa shape index (κ2) is 4.28. The van der Waals surface area contributed by atoms with Crippen molar-refractivity contribution in [2.75, 3.05) is 5.73 Å². The predicted octanol–water partition coefficient (Wildman–Crippen LogP) is 2.25. The summed E-state index contributed by atoms with van der Waals surface area (Å²) in [6, 6.07) is 8.44. The van der Waals surface area contributed by atoms with Crippen LogP contribution in [0.25, 0.3) is 10.8 Å².